The Labute approximate surface area is 105 Å². The summed E-state index contributed by atoms with van der Waals surface area (Å²) in [5, 5.41) is 8.93. The van der Waals surface area contributed by atoms with Gasteiger partial charge in [-0.2, -0.15) is 0 Å². The number of nitrogens with zero attached hydrogens (tertiary/aromatic N) is 1. The van der Waals surface area contributed by atoms with Gasteiger partial charge in [-0.15, -0.1) is 0 Å². The van der Waals surface area contributed by atoms with Crippen LogP contribution in [0.2, 0.25) is 0 Å². The molecule has 100 valence electrons. The topological polar surface area (TPSA) is 49.5 Å². The van der Waals surface area contributed by atoms with Gasteiger partial charge in [-0.1, -0.05) is 19.3 Å². The van der Waals surface area contributed by atoms with Crippen LogP contribution in [0.3, 0.4) is 0 Å². The summed E-state index contributed by atoms with van der Waals surface area (Å²) in [5.74, 6) is 0.716. The van der Waals surface area contributed by atoms with Gasteiger partial charge in [0.05, 0.1) is 0 Å². The van der Waals surface area contributed by atoms with Crippen LogP contribution in [0.25, 0.3) is 0 Å². The summed E-state index contributed by atoms with van der Waals surface area (Å²) in [6.07, 6.45) is 10.2. The Morgan fingerprint density at radius 1 is 1.12 bits per heavy atom. The van der Waals surface area contributed by atoms with Crippen LogP contribution in [-0.4, -0.2) is 41.8 Å². The third-order valence-electron chi connectivity index (χ3n) is 4.46. The highest BCUT2D eigenvalue weighted by molar-refractivity contribution is 4.86. The number of aliphatic hydroxyl groups excluding tert-OH is 1. The first-order chi connectivity index (χ1) is 8.29. The fourth-order valence-electron chi connectivity index (χ4n) is 3.62. The van der Waals surface area contributed by atoms with Gasteiger partial charge in [0.25, 0.3) is 0 Å². The van der Waals surface area contributed by atoms with E-state index in [1.807, 2.05) is 0 Å². The van der Waals surface area contributed by atoms with Crippen LogP contribution in [-0.2, 0) is 0 Å². The second-order valence-electron chi connectivity index (χ2n) is 5.97. The Bertz CT molecular complexity index is 216. The molecule has 1 saturated heterocycles. The predicted octanol–water partition coefficient (Wildman–Crippen LogP) is 1.74. The lowest BCUT2D eigenvalue weighted by molar-refractivity contribution is 0.0813. The fourth-order valence-corrected chi connectivity index (χ4v) is 3.62. The molecule has 1 aliphatic carbocycles. The van der Waals surface area contributed by atoms with Crippen molar-refractivity contribution in [2.75, 3.05) is 19.7 Å². The molecule has 2 fully saturated rings. The van der Waals surface area contributed by atoms with Crippen LogP contribution in [0.1, 0.15) is 51.4 Å². The molecule has 3 N–H and O–H groups in total. The van der Waals surface area contributed by atoms with Crippen molar-refractivity contribution in [3.05, 3.63) is 0 Å². The molecule has 0 aromatic carbocycles. The molecule has 1 heterocycles. The molecular weight excluding hydrogens is 212 g/mol. The zero-order valence-corrected chi connectivity index (χ0v) is 11.0. The number of hydrogen-bond acceptors (Lipinski definition) is 3. The largest absolute Gasteiger partial charge is 0.396 e. The average molecular weight is 240 g/mol. The van der Waals surface area contributed by atoms with E-state index in [4.69, 9.17) is 10.8 Å². The molecule has 1 aliphatic heterocycles. The molecule has 0 aromatic heterocycles. The van der Waals surface area contributed by atoms with Crippen LogP contribution < -0.4 is 5.73 Å². The molecule has 0 amide bonds. The van der Waals surface area contributed by atoms with Crippen molar-refractivity contribution >= 4 is 0 Å². The highest BCUT2D eigenvalue weighted by Gasteiger charge is 2.29. The third kappa shape index (κ3) is 3.94. The SMILES string of the molecule is NC1CC(CCCO)CN(C2CCCCC2)C1. The third-order valence-corrected chi connectivity index (χ3v) is 4.46. The van der Waals surface area contributed by atoms with E-state index >= 15 is 0 Å². The summed E-state index contributed by atoms with van der Waals surface area (Å²) in [5.41, 5.74) is 6.19. The van der Waals surface area contributed by atoms with Crippen molar-refractivity contribution in [1.82, 2.24) is 4.90 Å². The second-order valence-corrected chi connectivity index (χ2v) is 5.97. The van der Waals surface area contributed by atoms with Gasteiger partial charge in [0.15, 0.2) is 0 Å². The first kappa shape index (κ1) is 13.3. The van der Waals surface area contributed by atoms with Gasteiger partial charge < -0.3 is 10.8 Å². The molecule has 0 aromatic rings. The molecule has 17 heavy (non-hydrogen) atoms. The van der Waals surface area contributed by atoms with E-state index in [0.717, 1.165) is 31.8 Å². The molecule has 3 heteroatoms. The smallest absolute Gasteiger partial charge is 0.0431 e. The van der Waals surface area contributed by atoms with Crippen molar-refractivity contribution < 1.29 is 5.11 Å². The summed E-state index contributed by atoms with van der Waals surface area (Å²) < 4.78 is 0. The van der Waals surface area contributed by atoms with Gasteiger partial charge in [0, 0.05) is 31.8 Å². The van der Waals surface area contributed by atoms with Crippen LogP contribution in [0.5, 0.6) is 0 Å². The zero-order valence-electron chi connectivity index (χ0n) is 11.0. The maximum absolute atomic E-state index is 8.93. The van der Waals surface area contributed by atoms with Crippen LogP contribution >= 0.6 is 0 Å². The molecule has 2 rings (SSSR count). The maximum atomic E-state index is 8.93. The van der Waals surface area contributed by atoms with Crippen molar-refractivity contribution in [2.24, 2.45) is 11.7 Å². The molecule has 2 atom stereocenters. The van der Waals surface area contributed by atoms with Gasteiger partial charge in [-0.05, 0) is 38.0 Å². The minimum atomic E-state index is 0.329. The quantitative estimate of drug-likeness (QED) is 0.787. The lowest BCUT2D eigenvalue weighted by atomic mass is 9.87. The molecule has 2 aliphatic rings. The highest BCUT2D eigenvalue weighted by atomic mass is 16.2. The molecule has 1 saturated carbocycles. The Morgan fingerprint density at radius 3 is 2.59 bits per heavy atom. The van der Waals surface area contributed by atoms with E-state index in [1.54, 1.807) is 0 Å². The Hall–Kier alpha value is -0.120. The molecular formula is C14H28N2O. The summed E-state index contributed by atoms with van der Waals surface area (Å²) >= 11 is 0. The van der Waals surface area contributed by atoms with Gasteiger partial charge in [0.1, 0.15) is 0 Å². The highest BCUT2D eigenvalue weighted by Crippen LogP contribution is 2.28. The number of likely N-dealkylation sites (tertiary alicyclic amines) is 1. The fraction of sp³-hybridized carbons (Fsp3) is 1.00. The average Bonchev–Trinajstić information content (AvgIpc) is 2.37. The second kappa shape index (κ2) is 6.72. The zero-order chi connectivity index (χ0) is 12.1. The number of rotatable bonds is 4. The number of aliphatic hydroxyl groups is 1. The first-order valence-electron chi connectivity index (χ1n) is 7.40. The summed E-state index contributed by atoms with van der Waals surface area (Å²) in [4.78, 5) is 2.65. The van der Waals surface area contributed by atoms with Crippen molar-refractivity contribution in [3.63, 3.8) is 0 Å². The first-order valence-corrected chi connectivity index (χ1v) is 7.40. The maximum Gasteiger partial charge on any atom is 0.0431 e. The van der Waals surface area contributed by atoms with E-state index in [-0.39, 0.29) is 0 Å². The van der Waals surface area contributed by atoms with E-state index in [9.17, 15) is 0 Å². The van der Waals surface area contributed by atoms with Crippen molar-refractivity contribution in [1.29, 1.82) is 0 Å². The molecule has 2 unspecified atom stereocenters. The summed E-state index contributed by atoms with van der Waals surface area (Å²) in [6, 6.07) is 1.15. The van der Waals surface area contributed by atoms with Crippen LogP contribution in [0.15, 0.2) is 0 Å². The molecule has 0 spiro atoms. The standard InChI is InChI=1S/C14H28N2O/c15-13-9-12(5-4-8-17)10-16(11-13)14-6-2-1-3-7-14/h12-14,17H,1-11,15H2. The molecule has 0 radical (unpaired) electrons. The Balaban J connectivity index is 1.83. The predicted molar refractivity (Wildman–Crippen MR) is 70.8 cm³/mol. The van der Waals surface area contributed by atoms with E-state index in [1.165, 1.54) is 38.6 Å². The van der Waals surface area contributed by atoms with Gasteiger partial charge in [-0.3, -0.25) is 4.90 Å². The molecule has 3 nitrogen and oxygen atoms in total. The number of hydrogen-bond donors (Lipinski definition) is 2. The minimum Gasteiger partial charge on any atom is -0.396 e. The van der Waals surface area contributed by atoms with E-state index in [2.05, 4.69) is 4.90 Å². The Kier molecular flexibility index (Phi) is 5.26. The lowest BCUT2D eigenvalue weighted by Gasteiger charge is -2.42. The van der Waals surface area contributed by atoms with Crippen molar-refractivity contribution in [2.45, 2.75) is 63.5 Å². The summed E-state index contributed by atoms with van der Waals surface area (Å²) in [7, 11) is 0. The van der Waals surface area contributed by atoms with Gasteiger partial charge in [-0.25, -0.2) is 0 Å². The van der Waals surface area contributed by atoms with Crippen LogP contribution in [0, 0.1) is 5.92 Å². The monoisotopic (exact) mass is 240 g/mol. The summed E-state index contributed by atoms with van der Waals surface area (Å²) in [6.45, 7) is 2.65. The number of nitrogens with two attached hydrogens (primary N) is 1. The normalized spacial score (nSPS) is 32.8. The Morgan fingerprint density at radius 2 is 1.88 bits per heavy atom. The minimum absolute atomic E-state index is 0.329. The van der Waals surface area contributed by atoms with Gasteiger partial charge >= 0.3 is 0 Å². The van der Waals surface area contributed by atoms with Crippen molar-refractivity contribution in [3.8, 4) is 0 Å². The van der Waals surface area contributed by atoms with Crippen LogP contribution in [0.4, 0.5) is 0 Å². The number of piperidine rings is 1. The molecule has 0 bridgehead atoms. The van der Waals surface area contributed by atoms with Gasteiger partial charge in [0.2, 0.25) is 0 Å². The lowest BCUT2D eigenvalue weighted by Crippen LogP contribution is -2.51. The van der Waals surface area contributed by atoms with E-state index in [0.29, 0.717) is 18.6 Å². The van der Waals surface area contributed by atoms with E-state index < -0.39 is 0 Å².